The van der Waals surface area contributed by atoms with Crippen LogP contribution in [0.2, 0.25) is 0 Å². The van der Waals surface area contributed by atoms with E-state index in [0.717, 1.165) is 0 Å². The maximum atomic E-state index is 11.1. The maximum Gasteiger partial charge on any atom is 0.360 e. The molecule has 0 fully saturated rings. The molecule has 0 aromatic carbocycles. The predicted octanol–water partition coefficient (Wildman–Crippen LogP) is 0.591. The molecule has 0 saturated carbocycles. The molecule has 0 unspecified atom stereocenters. The summed E-state index contributed by atoms with van der Waals surface area (Å²) in [5.41, 5.74) is -0.394. The lowest BCUT2D eigenvalue weighted by Crippen LogP contribution is -2.19. The molecule has 0 aliphatic heterocycles. The SMILES string of the molecule is CC(C)c1cc(=O)c(C(=O)O)n[nH]1. The number of carboxylic acid groups (broad SMARTS) is 1. The Hall–Kier alpha value is -1.65. The van der Waals surface area contributed by atoms with Crippen molar-refractivity contribution in [3.05, 3.63) is 27.7 Å². The van der Waals surface area contributed by atoms with E-state index in [9.17, 15) is 9.59 Å². The van der Waals surface area contributed by atoms with Gasteiger partial charge in [0.25, 0.3) is 0 Å². The molecule has 70 valence electrons. The summed E-state index contributed by atoms with van der Waals surface area (Å²) >= 11 is 0. The van der Waals surface area contributed by atoms with Crippen molar-refractivity contribution in [2.45, 2.75) is 19.8 Å². The lowest BCUT2D eigenvalue weighted by molar-refractivity contribution is 0.0687. The second-order valence-corrected chi connectivity index (χ2v) is 3.00. The topological polar surface area (TPSA) is 83.1 Å². The third-order valence-electron chi connectivity index (χ3n) is 1.64. The molecule has 5 heteroatoms. The van der Waals surface area contributed by atoms with Gasteiger partial charge in [0.1, 0.15) is 0 Å². The van der Waals surface area contributed by atoms with Crippen LogP contribution in [0.25, 0.3) is 0 Å². The third-order valence-corrected chi connectivity index (χ3v) is 1.64. The Bertz CT molecular complexity index is 381. The first-order valence-corrected chi connectivity index (χ1v) is 3.85. The summed E-state index contributed by atoms with van der Waals surface area (Å²) in [5, 5.41) is 14.5. The Morgan fingerprint density at radius 1 is 1.62 bits per heavy atom. The van der Waals surface area contributed by atoms with Gasteiger partial charge in [-0.1, -0.05) is 13.8 Å². The Kier molecular flexibility index (Phi) is 2.46. The molecule has 13 heavy (non-hydrogen) atoms. The average molecular weight is 182 g/mol. The monoisotopic (exact) mass is 182 g/mol. The maximum absolute atomic E-state index is 11.1. The number of carboxylic acids is 1. The van der Waals surface area contributed by atoms with E-state index in [1.807, 2.05) is 13.8 Å². The summed E-state index contributed by atoms with van der Waals surface area (Å²) in [6, 6.07) is 1.26. The van der Waals surface area contributed by atoms with Gasteiger partial charge in [-0.2, -0.15) is 5.10 Å². The normalized spacial score (nSPS) is 10.4. The Morgan fingerprint density at radius 3 is 2.62 bits per heavy atom. The van der Waals surface area contributed by atoms with Crippen molar-refractivity contribution in [2.24, 2.45) is 0 Å². The summed E-state index contributed by atoms with van der Waals surface area (Å²) in [6.45, 7) is 3.76. The lowest BCUT2D eigenvalue weighted by atomic mass is 10.1. The molecular formula is C8H10N2O3. The second kappa shape index (κ2) is 3.38. The molecule has 1 rings (SSSR count). The molecule has 0 aliphatic carbocycles. The van der Waals surface area contributed by atoms with Crippen molar-refractivity contribution in [3.63, 3.8) is 0 Å². The Labute approximate surface area is 74.4 Å². The molecule has 1 aromatic heterocycles. The predicted molar refractivity (Wildman–Crippen MR) is 45.9 cm³/mol. The zero-order valence-electron chi connectivity index (χ0n) is 7.37. The van der Waals surface area contributed by atoms with Gasteiger partial charge in [0.2, 0.25) is 11.1 Å². The molecule has 5 nitrogen and oxygen atoms in total. The van der Waals surface area contributed by atoms with Crippen molar-refractivity contribution in [1.29, 1.82) is 0 Å². The Morgan fingerprint density at radius 2 is 2.23 bits per heavy atom. The summed E-state index contributed by atoms with van der Waals surface area (Å²) < 4.78 is 0. The number of H-pyrrole nitrogens is 1. The zero-order valence-corrected chi connectivity index (χ0v) is 7.37. The highest BCUT2D eigenvalue weighted by Crippen LogP contribution is 2.06. The number of aromatic nitrogens is 2. The van der Waals surface area contributed by atoms with Crippen molar-refractivity contribution in [1.82, 2.24) is 10.2 Å². The fourth-order valence-electron chi connectivity index (χ4n) is 0.866. The van der Waals surface area contributed by atoms with E-state index in [1.54, 1.807) is 0 Å². The molecule has 0 spiro atoms. The first-order valence-electron chi connectivity index (χ1n) is 3.85. The van der Waals surface area contributed by atoms with Gasteiger partial charge in [-0.15, -0.1) is 0 Å². The number of aromatic carboxylic acids is 1. The smallest absolute Gasteiger partial charge is 0.360 e. The summed E-state index contributed by atoms with van der Waals surface area (Å²) in [5.74, 6) is -1.18. The quantitative estimate of drug-likeness (QED) is 0.701. The molecule has 0 amide bonds. The molecule has 0 bridgehead atoms. The number of hydrogen-bond acceptors (Lipinski definition) is 3. The first-order chi connectivity index (χ1) is 6.02. The minimum absolute atomic E-state index is 0.128. The minimum Gasteiger partial charge on any atom is -0.476 e. The fourth-order valence-corrected chi connectivity index (χ4v) is 0.866. The van der Waals surface area contributed by atoms with E-state index in [4.69, 9.17) is 5.11 Å². The molecule has 0 atom stereocenters. The van der Waals surface area contributed by atoms with Gasteiger partial charge in [0.05, 0.1) is 0 Å². The van der Waals surface area contributed by atoms with Gasteiger partial charge in [-0.25, -0.2) is 4.79 Å². The van der Waals surface area contributed by atoms with Crippen LogP contribution in [-0.4, -0.2) is 21.3 Å². The van der Waals surface area contributed by atoms with Crippen LogP contribution in [0.1, 0.15) is 35.9 Å². The van der Waals surface area contributed by atoms with Crippen LogP contribution in [0.15, 0.2) is 10.9 Å². The Balaban J connectivity index is 3.21. The van der Waals surface area contributed by atoms with Gasteiger partial charge in [0, 0.05) is 11.8 Å². The average Bonchev–Trinajstić information content (AvgIpc) is 2.03. The van der Waals surface area contributed by atoms with E-state index < -0.39 is 17.1 Å². The van der Waals surface area contributed by atoms with Crippen molar-refractivity contribution in [3.8, 4) is 0 Å². The molecule has 1 heterocycles. The van der Waals surface area contributed by atoms with Crippen molar-refractivity contribution >= 4 is 5.97 Å². The van der Waals surface area contributed by atoms with E-state index in [1.165, 1.54) is 6.07 Å². The number of aromatic amines is 1. The number of hydrogen-bond donors (Lipinski definition) is 2. The second-order valence-electron chi connectivity index (χ2n) is 3.00. The highest BCUT2D eigenvalue weighted by atomic mass is 16.4. The van der Waals surface area contributed by atoms with Crippen molar-refractivity contribution in [2.75, 3.05) is 0 Å². The van der Waals surface area contributed by atoms with E-state index in [-0.39, 0.29) is 5.92 Å². The molecule has 2 N–H and O–H groups in total. The van der Waals surface area contributed by atoms with E-state index in [2.05, 4.69) is 10.2 Å². The van der Waals surface area contributed by atoms with Gasteiger partial charge in [-0.05, 0) is 5.92 Å². The standard InChI is InChI=1S/C8H10N2O3/c1-4(2)5-3-6(11)7(8(12)13)10-9-5/h3-4H,1-2H3,(H,9,11)(H,12,13). The van der Waals surface area contributed by atoms with E-state index in [0.29, 0.717) is 5.69 Å². The molecule has 0 saturated heterocycles. The largest absolute Gasteiger partial charge is 0.476 e. The van der Waals surface area contributed by atoms with Crippen LogP contribution in [0, 0.1) is 0 Å². The molecule has 0 aliphatic rings. The van der Waals surface area contributed by atoms with Gasteiger partial charge in [0.15, 0.2) is 0 Å². The van der Waals surface area contributed by atoms with Crippen LogP contribution >= 0.6 is 0 Å². The summed E-state index contributed by atoms with van der Waals surface area (Å²) in [6.07, 6.45) is 0. The molecular weight excluding hydrogens is 172 g/mol. The van der Waals surface area contributed by atoms with Crippen LogP contribution in [-0.2, 0) is 0 Å². The number of nitrogens with zero attached hydrogens (tertiary/aromatic N) is 1. The fraction of sp³-hybridized carbons (Fsp3) is 0.375. The highest BCUT2D eigenvalue weighted by Gasteiger charge is 2.11. The first kappa shape index (κ1) is 9.44. The number of rotatable bonds is 2. The third kappa shape index (κ3) is 1.93. The van der Waals surface area contributed by atoms with Gasteiger partial charge >= 0.3 is 5.97 Å². The van der Waals surface area contributed by atoms with Crippen molar-refractivity contribution < 1.29 is 9.90 Å². The number of nitrogens with one attached hydrogen (secondary N) is 1. The van der Waals surface area contributed by atoms with Crippen LogP contribution in [0.3, 0.4) is 0 Å². The van der Waals surface area contributed by atoms with Crippen LogP contribution in [0.4, 0.5) is 0 Å². The molecule has 1 aromatic rings. The number of carbonyl (C=O) groups is 1. The molecule has 0 radical (unpaired) electrons. The van der Waals surface area contributed by atoms with Crippen LogP contribution < -0.4 is 5.43 Å². The van der Waals surface area contributed by atoms with Crippen LogP contribution in [0.5, 0.6) is 0 Å². The summed E-state index contributed by atoms with van der Waals surface area (Å²) in [4.78, 5) is 21.5. The minimum atomic E-state index is -1.31. The van der Waals surface area contributed by atoms with Gasteiger partial charge in [-0.3, -0.25) is 9.89 Å². The lowest BCUT2D eigenvalue weighted by Gasteiger charge is -2.03. The van der Waals surface area contributed by atoms with E-state index >= 15 is 0 Å². The zero-order chi connectivity index (χ0) is 10.0. The summed E-state index contributed by atoms with van der Waals surface area (Å²) in [7, 11) is 0. The van der Waals surface area contributed by atoms with Gasteiger partial charge < -0.3 is 5.11 Å². The highest BCUT2D eigenvalue weighted by molar-refractivity contribution is 5.84.